The molecule has 5 nitrogen and oxygen atoms in total. The summed E-state index contributed by atoms with van der Waals surface area (Å²) in [6, 6.07) is 13.5. The fraction of sp³-hybridized carbons (Fsp3) is 0.316. The van der Waals surface area contributed by atoms with Gasteiger partial charge in [0, 0.05) is 43.1 Å². The van der Waals surface area contributed by atoms with Gasteiger partial charge >= 0.3 is 0 Å². The maximum absolute atomic E-state index is 12.6. The van der Waals surface area contributed by atoms with E-state index in [0.717, 1.165) is 30.1 Å². The molecular formula is C19H23N3O2. The van der Waals surface area contributed by atoms with Crippen LogP contribution in [0.5, 0.6) is 5.75 Å². The average molecular weight is 325 g/mol. The molecule has 0 atom stereocenters. The van der Waals surface area contributed by atoms with E-state index in [-0.39, 0.29) is 5.91 Å². The van der Waals surface area contributed by atoms with E-state index in [1.54, 1.807) is 13.2 Å². The smallest absolute Gasteiger partial charge is 0.254 e. The molecule has 3 rings (SSSR count). The number of amides is 1. The van der Waals surface area contributed by atoms with Crippen molar-refractivity contribution in [3.8, 4) is 5.75 Å². The summed E-state index contributed by atoms with van der Waals surface area (Å²) < 4.78 is 5.19. The van der Waals surface area contributed by atoms with Gasteiger partial charge in [0.25, 0.3) is 5.91 Å². The van der Waals surface area contributed by atoms with Gasteiger partial charge in [-0.2, -0.15) is 0 Å². The molecule has 24 heavy (non-hydrogen) atoms. The van der Waals surface area contributed by atoms with Crippen LogP contribution in [0.1, 0.15) is 15.9 Å². The van der Waals surface area contributed by atoms with Crippen molar-refractivity contribution in [2.24, 2.45) is 0 Å². The third kappa shape index (κ3) is 3.30. The maximum Gasteiger partial charge on any atom is 0.254 e. The number of piperazine rings is 1. The van der Waals surface area contributed by atoms with Crippen molar-refractivity contribution < 1.29 is 9.53 Å². The normalized spacial score (nSPS) is 14.6. The van der Waals surface area contributed by atoms with Gasteiger partial charge in [-0.1, -0.05) is 6.07 Å². The van der Waals surface area contributed by atoms with Gasteiger partial charge < -0.3 is 20.3 Å². The number of nitrogens with two attached hydrogens (primary N) is 1. The molecule has 5 heteroatoms. The number of anilines is 2. The van der Waals surface area contributed by atoms with Crippen LogP contribution in [0, 0.1) is 6.92 Å². The Labute approximate surface area is 142 Å². The summed E-state index contributed by atoms with van der Waals surface area (Å²) in [4.78, 5) is 16.8. The van der Waals surface area contributed by atoms with Crippen molar-refractivity contribution in [1.82, 2.24) is 4.90 Å². The highest BCUT2D eigenvalue weighted by Crippen LogP contribution is 2.21. The number of methoxy groups -OCH3 is 1. The number of ether oxygens (including phenoxy) is 1. The fourth-order valence-electron chi connectivity index (χ4n) is 2.92. The molecule has 0 bridgehead atoms. The topological polar surface area (TPSA) is 58.8 Å². The number of carbonyl (C=O) groups is 1. The molecule has 2 aromatic rings. The molecule has 1 saturated heterocycles. The summed E-state index contributed by atoms with van der Waals surface area (Å²) in [5, 5.41) is 0. The fourth-order valence-corrected chi connectivity index (χ4v) is 2.92. The number of carbonyl (C=O) groups excluding carboxylic acids is 1. The van der Waals surface area contributed by atoms with E-state index in [4.69, 9.17) is 10.5 Å². The second-order valence-corrected chi connectivity index (χ2v) is 6.05. The number of rotatable bonds is 3. The minimum absolute atomic E-state index is 0.0519. The van der Waals surface area contributed by atoms with Gasteiger partial charge in [-0.25, -0.2) is 0 Å². The SMILES string of the molecule is COc1ccc(N2CCN(C(=O)c3ccc(C)c(N)c3)CC2)cc1. The van der Waals surface area contributed by atoms with Crippen molar-refractivity contribution in [2.75, 3.05) is 43.9 Å². The van der Waals surface area contributed by atoms with Crippen LogP contribution in [-0.2, 0) is 0 Å². The number of aryl methyl sites for hydroxylation is 1. The Bertz CT molecular complexity index is 720. The average Bonchev–Trinajstić information content (AvgIpc) is 2.63. The third-order valence-electron chi connectivity index (χ3n) is 4.53. The van der Waals surface area contributed by atoms with Crippen LogP contribution in [0.25, 0.3) is 0 Å². The molecular weight excluding hydrogens is 302 g/mol. The Balaban J connectivity index is 1.63. The quantitative estimate of drug-likeness (QED) is 0.881. The van der Waals surface area contributed by atoms with Crippen LogP contribution in [0.3, 0.4) is 0 Å². The summed E-state index contributed by atoms with van der Waals surface area (Å²) in [5.41, 5.74) is 9.40. The van der Waals surface area contributed by atoms with E-state index in [2.05, 4.69) is 17.0 Å². The van der Waals surface area contributed by atoms with Gasteiger partial charge in [0.1, 0.15) is 5.75 Å². The van der Waals surface area contributed by atoms with Crippen LogP contribution >= 0.6 is 0 Å². The lowest BCUT2D eigenvalue weighted by Crippen LogP contribution is -2.48. The van der Waals surface area contributed by atoms with Crippen molar-refractivity contribution in [2.45, 2.75) is 6.92 Å². The summed E-state index contributed by atoms with van der Waals surface area (Å²) in [6.07, 6.45) is 0. The lowest BCUT2D eigenvalue weighted by molar-refractivity contribution is 0.0747. The van der Waals surface area contributed by atoms with Crippen molar-refractivity contribution >= 4 is 17.3 Å². The molecule has 0 unspecified atom stereocenters. The number of benzene rings is 2. The first-order valence-electron chi connectivity index (χ1n) is 8.13. The van der Waals surface area contributed by atoms with Gasteiger partial charge in [-0.15, -0.1) is 0 Å². The number of hydrogen-bond acceptors (Lipinski definition) is 4. The second kappa shape index (κ2) is 6.83. The number of nitrogens with zero attached hydrogens (tertiary/aromatic N) is 2. The highest BCUT2D eigenvalue weighted by molar-refractivity contribution is 5.95. The van der Waals surface area contributed by atoms with E-state index in [1.165, 1.54) is 0 Å². The molecule has 1 aliphatic heterocycles. The molecule has 0 radical (unpaired) electrons. The van der Waals surface area contributed by atoms with Crippen LogP contribution in [0.4, 0.5) is 11.4 Å². The highest BCUT2D eigenvalue weighted by Gasteiger charge is 2.22. The Hall–Kier alpha value is -2.69. The van der Waals surface area contributed by atoms with E-state index in [0.29, 0.717) is 24.3 Å². The minimum Gasteiger partial charge on any atom is -0.497 e. The predicted octanol–water partition coefficient (Wildman–Crippen LogP) is 2.55. The number of hydrogen-bond donors (Lipinski definition) is 1. The zero-order valence-corrected chi connectivity index (χ0v) is 14.2. The molecule has 0 spiro atoms. The van der Waals surface area contributed by atoms with Crippen LogP contribution in [0.2, 0.25) is 0 Å². The lowest BCUT2D eigenvalue weighted by atomic mass is 10.1. The summed E-state index contributed by atoms with van der Waals surface area (Å²) >= 11 is 0. The largest absolute Gasteiger partial charge is 0.497 e. The minimum atomic E-state index is 0.0519. The van der Waals surface area contributed by atoms with Gasteiger partial charge in [-0.3, -0.25) is 4.79 Å². The number of nitrogen functional groups attached to an aromatic ring is 1. The molecule has 0 aromatic heterocycles. The Kier molecular flexibility index (Phi) is 4.60. The first-order valence-corrected chi connectivity index (χ1v) is 8.13. The van der Waals surface area contributed by atoms with E-state index >= 15 is 0 Å². The monoisotopic (exact) mass is 325 g/mol. The Morgan fingerprint density at radius 3 is 2.29 bits per heavy atom. The second-order valence-electron chi connectivity index (χ2n) is 6.05. The molecule has 0 aliphatic carbocycles. The van der Waals surface area contributed by atoms with Gasteiger partial charge in [0.05, 0.1) is 7.11 Å². The highest BCUT2D eigenvalue weighted by atomic mass is 16.5. The Morgan fingerprint density at radius 2 is 1.71 bits per heavy atom. The van der Waals surface area contributed by atoms with Gasteiger partial charge in [0.2, 0.25) is 0 Å². The Morgan fingerprint density at radius 1 is 1.04 bits per heavy atom. The van der Waals surface area contributed by atoms with Crippen molar-refractivity contribution in [3.05, 3.63) is 53.6 Å². The molecule has 1 heterocycles. The standard InChI is InChI=1S/C19H23N3O2/c1-14-3-4-15(13-18(14)20)19(23)22-11-9-21(10-12-22)16-5-7-17(24-2)8-6-16/h3-8,13H,9-12,20H2,1-2H3. The van der Waals surface area contributed by atoms with Crippen molar-refractivity contribution in [1.29, 1.82) is 0 Å². The van der Waals surface area contributed by atoms with Crippen molar-refractivity contribution in [3.63, 3.8) is 0 Å². The van der Waals surface area contributed by atoms with Crippen LogP contribution in [0.15, 0.2) is 42.5 Å². The summed E-state index contributed by atoms with van der Waals surface area (Å²) in [5.74, 6) is 0.903. The molecule has 0 saturated carbocycles. The lowest BCUT2D eigenvalue weighted by Gasteiger charge is -2.36. The molecule has 2 aromatic carbocycles. The molecule has 126 valence electrons. The zero-order chi connectivity index (χ0) is 17.1. The van der Waals surface area contributed by atoms with Gasteiger partial charge in [0.15, 0.2) is 0 Å². The third-order valence-corrected chi connectivity index (χ3v) is 4.53. The van der Waals surface area contributed by atoms with E-state index in [9.17, 15) is 4.79 Å². The van der Waals surface area contributed by atoms with Gasteiger partial charge in [-0.05, 0) is 48.9 Å². The van der Waals surface area contributed by atoms with Crippen LogP contribution < -0.4 is 15.4 Å². The summed E-state index contributed by atoms with van der Waals surface area (Å²) in [7, 11) is 1.66. The van der Waals surface area contributed by atoms with E-state index in [1.807, 2.05) is 36.1 Å². The van der Waals surface area contributed by atoms with E-state index < -0.39 is 0 Å². The first-order chi connectivity index (χ1) is 11.6. The molecule has 1 aliphatic rings. The molecule has 1 fully saturated rings. The first kappa shape index (κ1) is 16.2. The predicted molar refractivity (Wildman–Crippen MR) is 96.7 cm³/mol. The summed E-state index contributed by atoms with van der Waals surface area (Å²) in [6.45, 7) is 4.99. The molecule has 1 amide bonds. The molecule has 2 N–H and O–H groups in total. The van der Waals surface area contributed by atoms with Crippen LogP contribution in [-0.4, -0.2) is 44.1 Å². The zero-order valence-electron chi connectivity index (χ0n) is 14.2. The maximum atomic E-state index is 12.6.